The van der Waals surface area contributed by atoms with Gasteiger partial charge in [0.05, 0.1) is 0 Å². The van der Waals surface area contributed by atoms with Crippen LogP contribution < -0.4 is 10.2 Å². The van der Waals surface area contributed by atoms with Crippen LogP contribution in [0.2, 0.25) is 0 Å². The van der Waals surface area contributed by atoms with Crippen molar-refractivity contribution >= 4 is 11.5 Å². The quantitative estimate of drug-likeness (QED) is 0.928. The monoisotopic (exact) mass is 281 g/mol. The lowest BCUT2D eigenvalue weighted by atomic mass is 10.0. The van der Waals surface area contributed by atoms with Gasteiger partial charge in [0.25, 0.3) is 0 Å². The molecule has 0 atom stereocenters. The van der Waals surface area contributed by atoms with Crippen molar-refractivity contribution in [2.75, 3.05) is 23.3 Å². The van der Waals surface area contributed by atoms with Gasteiger partial charge in [0.2, 0.25) is 0 Å². The van der Waals surface area contributed by atoms with Gasteiger partial charge in [-0.15, -0.1) is 0 Å². The normalized spacial score (nSPS) is 16.0. The number of nitrogens with one attached hydrogen (secondary N) is 1. The Bertz CT molecular complexity index is 587. The molecule has 21 heavy (non-hydrogen) atoms. The van der Waals surface area contributed by atoms with E-state index in [9.17, 15) is 0 Å². The van der Waals surface area contributed by atoms with E-state index in [2.05, 4.69) is 59.4 Å². The molecule has 0 aliphatic carbocycles. The summed E-state index contributed by atoms with van der Waals surface area (Å²) in [4.78, 5) is 6.82. The molecule has 1 N–H and O–H groups in total. The predicted octanol–water partition coefficient (Wildman–Crippen LogP) is 3.78. The minimum atomic E-state index is 0.561. The first-order valence-corrected chi connectivity index (χ1v) is 7.72. The molecule has 0 radical (unpaired) electrons. The van der Waals surface area contributed by atoms with Gasteiger partial charge in [0.15, 0.2) is 0 Å². The maximum atomic E-state index is 4.44. The fourth-order valence-corrected chi connectivity index (χ4v) is 2.90. The predicted molar refractivity (Wildman–Crippen MR) is 89.0 cm³/mol. The van der Waals surface area contributed by atoms with E-state index in [-0.39, 0.29) is 0 Å². The van der Waals surface area contributed by atoms with Crippen molar-refractivity contribution < 1.29 is 0 Å². The van der Waals surface area contributed by atoms with Crippen LogP contribution in [-0.2, 0) is 0 Å². The van der Waals surface area contributed by atoms with E-state index in [1.54, 1.807) is 0 Å². The Balaban J connectivity index is 1.60. The Kier molecular flexibility index (Phi) is 4.09. The molecule has 1 fully saturated rings. The minimum absolute atomic E-state index is 0.561. The highest BCUT2D eigenvalue weighted by molar-refractivity contribution is 5.53. The molecule has 1 aromatic carbocycles. The van der Waals surface area contributed by atoms with Crippen LogP contribution in [0.3, 0.4) is 0 Å². The maximum absolute atomic E-state index is 4.44. The fourth-order valence-electron chi connectivity index (χ4n) is 2.90. The van der Waals surface area contributed by atoms with Gasteiger partial charge in [-0.2, -0.15) is 0 Å². The molecule has 0 spiro atoms. The summed E-state index contributed by atoms with van der Waals surface area (Å²) in [7, 11) is 0. The number of aromatic nitrogens is 1. The summed E-state index contributed by atoms with van der Waals surface area (Å²) in [6.07, 6.45) is 4.18. The molecule has 0 amide bonds. The average Bonchev–Trinajstić information content (AvgIpc) is 2.53. The molecule has 0 bridgehead atoms. The first-order chi connectivity index (χ1) is 10.2. The molecule has 1 aliphatic heterocycles. The molecule has 1 aliphatic rings. The summed E-state index contributed by atoms with van der Waals surface area (Å²) in [6, 6.07) is 13.3. The number of anilines is 2. The third-order valence-electron chi connectivity index (χ3n) is 4.22. The molecule has 3 nitrogen and oxygen atoms in total. The highest BCUT2D eigenvalue weighted by Crippen LogP contribution is 2.23. The molecular formula is C18H23N3. The second-order valence-electron chi connectivity index (χ2n) is 5.91. The standard InChI is InChI=1S/C18H23N3/c1-14-6-7-15(2)17(13-14)20-16-8-11-21(12-9-16)18-5-3-4-10-19-18/h3-7,10,13,16,20H,8-9,11-12H2,1-2H3. The van der Waals surface area contributed by atoms with Gasteiger partial charge in [0.1, 0.15) is 5.82 Å². The second kappa shape index (κ2) is 6.17. The van der Waals surface area contributed by atoms with Crippen LogP contribution in [0.15, 0.2) is 42.6 Å². The van der Waals surface area contributed by atoms with Crippen LogP contribution in [0, 0.1) is 13.8 Å². The zero-order valence-corrected chi connectivity index (χ0v) is 12.8. The van der Waals surface area contributed by atoms with Gasteiger partial charge in [0, 0.05) is 31.0 Å². The van der Waals surface area contributed by atoms with Crippen LogP contribution in [0.5, 0.6) is 0 Å². The molecule has 0 saturated carbocycles. The van der Waals surface area contributed by atoms with Crippen molar-refractivity contribution in [2.24, 2.45) is 0 Å². The molecule has 2 heterocycles. The van der Waals surface area contributed by atoms with Gasteiger partial charge >= 0.3 is 0 Å². The lowest BCUT2D eigenvalue weighted by Crippen LogP contribution is -2.39. The van der Waals surface area contributed by atoms with Crippen LogP contribution in [-0.4, -0.2) is 24.1 Å². The third kappa shape index (κ3) is 3.35. The Morgan fingerprint density at radius 2 is 1.90 bits per heavy atom. The smallest absolute Gasteiger partial charge is 0.128 e. The van der Waals surface area contributed by atoms with Gasteiger partial charge in [-0.1, -0.05) is 18.2 Å². The maximum Gasteiger partial charge on any atom is 0.128 e. The molecule has 2 aromatic rings. The van der Waals surface area contributed by atoms with E-state index in [0.717, 1.165) is 31.7 Å². The lowest BCUT2D eigenvalue weighted by molar-refractivity contribution is 0.523. The highest BCUT2D eigenvalue weighted by atomic mass is 15.2. The van der Waals surface area contributed by atoms with E-state index in [1.165, 1.54) is 16.8 Å². The zero-order valence-electron chi connectivity index (χ0n) is 12.8. The SMILES string of the molecule is Cc1ccc(C)c(NC2CCN(c3ccccn3)CC2)c1. The second-order valence-corrected chi connectivity index (χ2v) is 5.91. The van der Waals surface area contributed by atoms with Gasteiger partial charge in [-0.25, -0.2) is 4.98 Å². The summed E-state index contributed by atoms with van der Waals surface area (Å²) in [6.45, 7) is 6.46. The summed E-state index contributed by atoms with van der Waals surface area (Å²) in [5, 5.41) is 3.71. The van der Waals surface area contributed by atoms with Crippen molar-refractivity contribution in [3.63, 3.8) is 0 Å². The van der Waals surface area contributed by atoms with Crippen molar-refractivity contribution in [1.29, 1.82) is 0 Å². The molecule has 3 rings (SSSR count). The third-order valence-corrected chi connectivity index (χ3v) is 4.22. The summed E-state index contributed by atoms with van der Waals surface area (Å²) >= 11 is 0. The van der Waals surface area contributed by atoms with Crippen molar-refractivity contribution in [3.8, 4) is 0 Å². The van der Waals surface area contributed by atoms with E-state index < -0.39 is 0 Å². The van der Waals surface area contributed by atoms with Crippen molar-refractivity contribution in [1.82, 2.24) is 4.98 Å². The number of pyridine rings is 1. The van der Waals surface area contributed by atoms with Crippen molar-refractivity contribution in [3.05, 3.63) is 53.7 Å². The number of rotatable bonds is 3. The van der Waals surface area contributed by atoms with E-state index in [0.29, 0.717) is 6.04 Å². The number of piperidine rings is 1. The van der Waals surface area contributed by atoms with Crippen LogP contribution in [0.25, 0.3) is 0 Å². The minimum Gasteiger partial charge on any atom is -0.382 e. The van der Waals surface area contributed by atoms with Crippen molar-refractivity contribution in [2.45, 2.75) is 32.7 Å². The lowest BCUT2D eigenvalue weighted by Gasteiger charge is -2.34. The number of benzene rings is 1. The zero-order chi connectivity index (χ0) is 14.7. The number of aryl methyl sites for hydroxylation is 2. The topological polar surface area (TPSA) is 28.2 Å². The molecule has 1 saturated heterocycles. The fraction of sp³-hybridized carbons (Fsp3) is 0.389. The Labute approximate surface area is 127 Å². The van der Waals surface area contributed by atoms with E-state index in [4.69, 9.17) is 0 Å². The van der Waals surface area contributed by atoms with Crippen LogP contribution in [0.1, 0.15) is 24.0 Å². The number of nitrogens with zero attached hydrogens (tertiary/aromatic N) is 2. The van der Waals surface area contributed by atoms with Crippen LogP contribution >= 0.6 is 0 Å². The summed E-state index contributed by atoms with van der Waals surface area (Å²) in [5.41, 5.74) is 3.92. The van der Waals surface area contributed by atoms with Gasteiger partial charge < -0.3 is 10.2 Å². The molecular weight excluding hydrogens is 258 g/mol. The van der Waals surface area contributed by atoms with Gasteiger partial charge in [-0.05, 0) is 56.0 Å². The summed E-state index contributed by atoms with van der Waals surface area (Å²) < 4.78 is 0. The Hall–Kier alpha value is -2.03. The highest BCUT2D eigenvalue weighted by Gasteiger charge is 2.20. The molecule has 3 heteroatoms. The largest absolute Gasteiger partial charge is 0.382 e. The number of hydrogen-bond donors (Lipinski definition) is 1. The molecule has 1 aromatic heterocycles. The summed E-state index contributed by atoms with van der Waals surface area (Å²) in [5.74, 6) is 1.10. The molecule has 110 valence electrons. The first kappa shape index (κ1) is 13.9. The average molecular weight is 281 g/mol. The first-order valence-electron chi connectivity index (χ1n) is 7.72. The Morgan fingerprint density at radius 3 is 2.62 bits per heavy atom. The molecule has 0 unspecified atom stereocenters. The van der Waals surface area contributed by atoms with Gasteiger partial charge in [-0.3, -0.25) is 0 Å². The van der Waals surface area contributed by atoms with Crippen LogP contribution in [0.4, 0.5) is 11.5 Å². The van der Waals surface area contributed by atoms with E-state index in [1.807, 2.05) is 12.3 Å². The number of hydrogen-bond acceptors (Lipinski definition) is 3. The van der Waals surface area contributed by atoms with E-state index >= 15 is 0 Å². The Morgan fingerprint density at radius 1 is 1.10 bits per heavy atom.